The number of H-pyrrole nitrogens is 1. The van der Waals surface area contributed by atoms with Crippen LogP contribution in [0.15, 0.2) is 24.3 Å². The average molecular weight is 302 g/mol. The van der Waals surface area contributed by atoms with E-state index in [1.165, 1.54) is 0 Å². The van der Waals surface area contributed by atoms with Crippen molar-refractivity contribution in [1.82, 2.24) is 15.2 Å². The van der Waals surface area contributed by atoms with E-state index in [2.05, 4.69) is 4.74 Å². The number of hydrogen-bond donors (Lipinski definition) is 2. The quantitative estimate of drug-likeness (QED) is 0.887. The molecule has 5 heteroatoms. The van der Waals surface area contributed by atoms with Crippen LogP contribution >= 0.6 is 0 Å². The van der Waals surface area contributed by atoms with Crippen LogP contribution in [0.5, 0.6) is 0 Å². The van der Waals surface area contributed by atoms with Crippen molar-refractivity contribution in [1.29, 1.82) is 0 Å². The second-order valence-electron chi connectivity index (χ2n) is 4.32. The summed E-state index contributed by atoms with van der Waals surface area (Å²) >= 11 is 0. The number of nitrogens with one attached hydrogen (secondary N) is 2. The Morgan fingerprint density at radius 1 is 1.67 bits per heavy atom. The molecule has 2 N–H and O–H groups in total. The zero-order chi connectivity index (χ0) is 27.8. The molecule has 3 rings (SSSR count). The number of alkyl carbamates (subject to hydrolysis) is 1. The standard InChI is InChI=1S/C16H21N3O2/c1-19(2)6-5-12-9-17-15-4-3-11(8-14(12)15)7-13-10-21-16(20)18-13/h3-4,8-9,13,17H,5-7,10H2,1-2H3,(H,18,20)/t13-/m0/s1/i1D3,2D3,3D,4D,7D2,8D,9D,13D/hD2. The highest BCUT2D eigenvalue weighted by molar-refractivity contribution is 5.84. The molecule has 1 atom stereocenters. The summed E-state index contributed by atoms with van der Waals surface area (Å²) in [6.07, 6.45) is -5.59. The largest absolute Gasteiger partial charge is 0.447 e. The van der Waals surface area contributed by atoms with E-state index in [1.54, 1.807) is 0 Å². The van der Waals surface area contributed by atoms with Gasteiger partial charge in [0.25, 0.3) is 0 Å². The van der Waals surface area contributed by atoms with E-state index in [0.29, 0.717) is 4.98 Å². The number of nitrogens with zero attached hydrogens (tertiary/aromatic N) is 1. The fourth-order valence-corrected chi connectivity index (χ4v) is 1.86. The Balaban J connectivity index is 2.26. The lowest BCUT2D eigenvalue weighted by molar-refractivity contribution is 0.177. The highest BCUT2D eigenvalue weighted by Gasteiger charge is 2.22. The van der Waals surface area contributed by atoms with Crippen molar-refractivity contribution in [3.05, 3.63) is 35.4 Å². The summed E-state index contributed by atoms with van der Waals surface area (Å²) < 4.78 is 124. The molecule has 1 fully saturated rings. The van der Waals surface area contributed by atoms with Gasteiger partial charge in [0, 0.05) is 34.6 Å². The van der Waals surface area contributed by atoms with Crippen LogP contribution in [0.25, 0.3) is 10.9 Å². The van der Waals surface area contributed by atoms with Crippen molar-refractivity contribution >= 4 is 17.0 Å². The summed E-state index contributed by atoms with van der Waals surface area (Å²) in [6.45, 7) is -7.72. The van der Waals surface area contributed by atoms with Crippen LogP contribution < -0.4 is 5.31 Å². The molecule has 112 valence electrons. The molecule has 2 heterocycles. The molecule has 1 aliphatic heterocycles. The minimum atomic E-state index is -3.12. The fourth-order valence-electron chi connectivity index (χ4n) is 1.86. The Kier molecular flexibility index (Phi) is 1.30. The second-order valence-corrected chi connectivity index (χ2v) is 4.32. The molecule has 0 spiro atoms. The smallest absolute Gasteiger partial charge is 0.407 e. The number of ether oxygens (including phenoxy) is 1. The van der Waals surface area contributed by atoms with Gasteiger partial charge in [0.05, 0.1) is 12.9 Å². The molecule has 0 radical (unpaired) electrons. The van der Waals surface area contributed by atoms with Crippen LogP contribution in [0, 0.1) is 0 Å². The van der Waals surface area contributed by atoms with Crippen LogP contribution in [-0.2, 0) is 17.5 Å². The second kappa shape index (κ2) is 5.77. The lowest BCUT2D eigenvalue weighted by Gasteiger charge is -2.09. The number of benzene rings is 1. The number of amides is 1. The first-order valence-corrected chi connectivity index (χ1v) is 6.06. The van der Waals surface area contributed by atoms with Crippen LogP contribution in [0.1, 0.15) is 28.9 Å². The zero-order valence-corrected chi connectivity index (χ0v) is 10.8. The van der Waals surface area contributed by atoms with E-state index >= 15 is 0 Å². The van der Waals surface area contributed by atoms with Gasteiger partial charge >= 0.3 is 6.09 Å². The molecule has 1 saturated heterocycles. The number of carbonyl (C=O) groups is 1. The van der Waals surface area contributed by atoms with Crippen molar-refractivity contribution in [2.75, 3.05) is 27.1 Å². The van der Waals surface area contributed by atoms with Gasteiger partial charge in [0.15, 0.2) is 2.82 Å². The van der Waals surface area contributed by atoms with Crippen molar-refractivity contribution in [3.8, 4) is 0 Å². The van der Waals surface area contributed by atoms with Crippen molar-refractivity contribution in [2.24, 2.45) is 0 Å². The molecule has 0 bridgehead atoms. The molecule has 1 amide bonds. The van der Waals surface area contributed by atoms with Gasteiger partial charge in [-0.05, 0) is 50.0 Å². The number of likely N-dealkylation sites (N-methyl/N-ethyl adjacent to an activating group) is 1. The van der Waals surface area contributed by atoms with Gasteiger partial charge < -0.3 is 19.9 Å². The van der Waals surface area contributed by atoms with Gasteiger partial charge in [-0.15, -0.1) is 0 Å². The Morgan fingerprint density at radius 3 is 3.33 bits per heavy atom. The number of rotatable bonds is 5. The lowest BCUT2D eigenvalue weighted by Crippen LogP contribution is -2.28. The van der Waals surface area contributed by atoms with Gasteiger partial charge in [-0.2, -0.15) is 0 Å². The molecule has 21 heavy (non-hydrogen) atoms. The fraction of sp³-hybridized carbons (Fsp3) is 0.438. The summed E-state index contributed by atoms with van der Waals surface area (Å²) in [7, 11) is 0. The van der Waals surface area contributed by atoms with Gasteiger partial charge in [0.2, 0.25) is 0 Å². The molecular weight excluding hydrogens is 266 g/mol. The van der Waals surface area contributed by atoms with Crippen LogP contribution in [0.2, 0.25) is 2.82 Å². The third-order valence-corrected chi connectivity index (χ3v) is 2.81. The SMILES string of the molecule is [2H]c1c(C([2H])([2H])[C@@]2([2H])COC(=O)N2[2H])c([2H])c2c(CCN(C([2H])([2H])[2H])C([2H])([2H])[2H])c([2H])n([2H])c2c1[2H]. The van der Waals surface area contributed by atoms with E-state index in [-0.39, 0.29) is 21.2 Å². The van der Waals surface area contributed by atoms with E-state index in [1.807, 2.05) is 0 Å². The number of aromatic amines is 1. The molecule has 0 unspecified atom stereocenters. The van der Waals surface area contributed by atoms with Crippen LogP contribution in [0.3, 0.4) is 0 Å². The maximum Gasteiger partial charge on any atom is 0.407 e. The molecule has 0 aliphatic carbocycles. The van der Waals surface area contributed by atoms with Crippen molar-refractivity contribution < 1.29 is 30.2 Å². The number of hydrogen-bond acceptors (Lipinski definition) is 3. The number of aromatic nitrogens is 1. The minimum absolute atomic E-state index is 0.0866. The maximum absolute atomic E-state index is 11.7. The minimum Gasteiger partial charge on any atom is -0.447 e. The summed E-state index contributed by atoms with van der Waals surface area (Å²) in [6, 6.07) is -5.27. The topological polar surface area (TPSA) is 57.4 Å². The van der Waals surface area contributed by atoms with Crippen LogP contribution in [0.4, 0.5) is 4.79 Å². The molecule has 1 aromatic heterocycles. The number of fused-ring (bicyclic) bond motifs is 1. The van der Waals surface area contributed by atoms with Gasteiger partial charge in [0.1, 0.15) is 6.61 Å². The Bertz CT molecular complexity index is 1210. The molecule has 5 nitrogen and oxygen atoms in total. The Hall–Kier alpha value is -2.01. The van der Waals surface area contributed by atoms with Crippen LogP contribution in [-0.4, -0.2) is 49.1 Å². The summed E-state index contributed by atoms with van der Waals surface area (Å²) in [5, 5.41) is -0.465. The monoisotopic (exact) mass is 302 g/mol. The normalized spacial score (nSPS) is 34.4. The molecule has 1 aliphatic rings. The Labute approximate surface area is 145 Å². The lowest BCUT2D eigenvalue weighted by atomic mass is 10.0. The average Bonchev–Trinajstić information content (AvgIpc) is 3.14. The first-order valence-electron chi connectivity index (χ1n) is 13.5. The molecular formula is C16H21N3O2. The number of cyclic esters (lactones) is 1. The van der Waals surface area contributed by atoms with E-state index in [0.717, 1.165) is 0 Å². The highest BCUT2D eigenvalue weighted by atomic mass is 16.6. The molecule has 2 aromatic rings. The Morgan fingerprint density at radius 2 is 2.57 bits per heavy atom. The first-order chi connectivity index (χ1) is 16.2. The maximum atomic E-state index is 11.7. The summed E-state index contributed by atoms with van der Waals surface area (Å²) in [5.74, 6) is 0. The summed E-state index contributed by atoms with van der Waals surface area (Å²) in [5.41, 5.74) is -1.56. The van der Waals surface area contributed by atoms with E-state index in [4.69, 9.17) is 20.6 Å². The van der Waals surface area contributed by atoms with E-state index in [9.17, 15) is 4.79 Å². The van der Waals surface area contributed by atoms with Gasteiger partial charge in [-0.1, -0.05) is 6.04 Å². The van der Waals surface area contributed by atoms with Crippen molar-refractivity contribution in [3.63, 3.8) is 0 Å². The molecule has 1 aromatic carbocycles. The van der Waals surface area contributed by atoms with E-state index < -0.39 is 87.4 Å². The van der Waals surface area contributed by atoms with Gasteiger partial charge in [-0.3, -0.25) is 0 Å². The zero-order valence-electron chi connectivity index (χ0n) is 25.8. The predicted molar refractivity (Wildman–Crippen MR) is 82.5 cm³/mol. The van der Waals surface area contributed by atoms with Gasteiger partial charge in [-0.25, -0.2) is 4.79 Å². The summed E-state index contributed by atoms with van der Waals surface area (Å²) in [4.78, 5) is 12.3. The molecule has 0 saturated carbocycles. The third kappa shape index (κ3) is 3.19. The number of carbonyl (C=O) groups excluding carboxylic acids is 1. The first kappa shape index (κ1) is 4.74. The highest BCUT2D eigenvalue weighted by Crippen LogP contribution is 2.21. The van der Waals surface area contributed by atoms with Crippen molar-refractivity contribution in [2.45, 2.75) is 18.8 Å². The predicted octanol–water partition coefficient (Wildman–Crippen LogP) is 1.92. The third-order valence-electron chi connectivity index (χ3n) is 2.81.